The summed E-state index contributed by atoms with van der Waals surface area (Å²) in [5.74, 6) is 2.72. The Morgan fingerprint density at radius 3 is 2.33 bits per heavy atom. The maximum absolute atomic E-state index is 6.31. The number of hydrogen-bond acceptors (Lipinski definition) is 2. The highest BCUT2D eigenvalue weighted by Gasteiger charge is 2.28. The van der Waals surface area contributed by atoms with Gasteiger partial charge in [-0.3, -0.25) is 0 Å². The predicted octanol–water partition coefficient (Wildman–Crippen LogP) is 3.83. The van der Waals surface area contributed by atoms with Gasteiger partial charge in [-0.15, -0.1) is 0 Å². The van der Waals surface area contributed by atoms with E-state index < -0.39 is 0 Å². The largest absolute Gasteiger partial charge is 0.384 e. The molecule has 0 amide bonds. The van der Waals surface area contributed by atoms with Crippen molar-refractivity contribution in [2.24, 2.45) is 0 Å². The molecule has 0 unspecified atom stereocenters. The molecular formula is C15H27N3. The minimum atomic E-state index is 0.0251. The Labute approximate surface area is 111 Å². The second-order valence-corrected chi connectivity index (χ2v) is 6.50. The van der Waals surface area contributed by atoms with E-state index >= 15 is 0 Å². The average molecular weight is 249 g/mol. The Hall–Kier alpha value is -0.990. The van der Waals surface area contributed by atoms with E-state index in [9.17, 15) is 0 Å². The van der Waals surface area contributed by atoms with Crippen molar-refractivity contribution >= 4 is 5.82 Å². The number of rotatable bonds is 2. The molecule has 102 valence electrons. The van der Waals surface area contributed by atoms with Gasteiger partial charge in [0, 0.05) is 11.5 Å². The van der Waals surface area contributed by atoms with Crippen molar-refractivity contribution < 1.29 is 0 Å². The Kier molecular flexibility index (Phi) is 3.69. The summed E-state index contributed by atoms with van der Waals surface area (Å²) in [6.07, 6.45) is 7.52. The summed E-state index contributed by atoms with van der Waals surface area (Å²) in [5.41, 5.74) is 7.41. The predicted molar refractivity (Wildman–Crippen MR) is 76.8 cm³/mol. The molecule has 0 aliphatic heterocycles. The van der Waals surface area contributed by atoms with Crippen molar-refractivity contribution in [2.45, 2.75) is 77.7 Å². The van der Waals surface area contributed by atoms with Crippen molar-refractivity contribution in [3.05, 3.63) is 11.5 Å². The highest BCUT2D eigenvalue weighted by molar-refractivity contribution is 5.40. The molecule has 0 radical (unpaired) electrons. The summed E-state index contributed by atoms with van der Waals surface area (Å²) in [7, 11) is 0. The monoisotopic (exact) mass is 249 g/mol. The lowest BCUT2D eigenvalue weighted by Gasteiger charge is -2.29. The third kappa shape index (κ3) is 2.40. The molecule has 1 heterocycles. The third-order valence-electron chi connectivity index (χ3n) is 3.99. The maximum Gasteiger partial charge on any atom is 0.127 e. The molecule has 3 nitrogen and oxygen atoms in total. The van der Waals surface area contributed by atoms with Crippen molar-refractivity contribution in [1.29, 1.82) is 0 Å². The minimum absolute atomic E-state index is 0.0251. The molecule has 1 aliphatic carbocycles. The van der Waals surface area contributed by atoms with Crippen LogP contribution in [0, 0.1) is 0 Å². The number of anilines is 1. The Bertz CT molecular complexity index is 406. The highest BCUT2D eigenvalue weighted by atomic mass is 15.2. The van der Waals surface area contributed by atoms with E-state index in [0.29, 0.717) is 5.92 Å². The molecule has 1 fully saturated rings. The van der Waals surface area contributed by atoms with Crippen LogP contribution in [0.3, 0.4) is 0 Å². The lowest BCUT2D eigenvalue weighted by atomic mass is 9.88. The minimum Gasteiger partial charge on any atom is -0.384 e. The Morgan fingerprint density at radius 2 is 1.83 bits per heavy atom. The van der Waals surface area contributed by atoms with Gasteiger partial charge in [0.1, 0.15) is 11.6 Å². The lowest BCUT2D eigenvalue weighted by Crippen LogP contribution is -2.27. The fourth-order valence-corrected chi connectivity index (χ4v) is 3.10. The summed E-state index contributed by atoms with van der Waals surface area (Å²) >= 11 is 0. The number of aryl methyl sites for hydroxylation is 1. The average Bonchev–Trinajstić information content (AvgIpc) is 2.67. The molecule has 1 saturated carbocycles. The van der Waals surface area contributed by atoms with Gasteiger partial charge >= 0.3 is 0 Å². The molecule has 0 atom stereocenters. The van der Waals surface area contributed by atoms with E-state index in [1.54, 1.807) is 0 Å². The molecule has 0 spiro atoms. The van der Waals surface area contributed by atoms with Crippen molar-refractivity contribution in [2.75, 3.05) is 5.73 Å². The highest BCUT2D eigenvalue weighted by Crippen LogP contribution is 2.36. The maximum atomic E-state index is 6.31. The molecule has 3 heteroatoms. The fraction of sp³-hybridized carbons (Fsp3) is 0.800. The first kappa shape index (κ1) is 13.4. The number of nitrogens with two attached hydrogens (primary N) is 1. The van der Waals surface area contributed by atoms with Crippen LogP contribution >= 0.6 is 0 Å². The SMILES string of the molecule is CCc1nc(C2CCCCC2)n(C(C)(C)C)c1N. The van der Waals surface area contributed by atoms with Gasteiger partial charge in [0.25, 0.3) is 0 Å². The van der Waals surface area contributed by atoms with Crippen molar-refractivity contribution in [3.63, 3.8) is 0 Å². The Morgan fingerprint density at radius 1 is 1.22 bits per heavy atom. The number of nitrogen functional groups attached to an aromatic ring is 1. The number of aromatic nitrogens is 2. The molecule has 1 aliphatic rings. The molecule has 0 saturated heterocycles. The summed E-state index contributed by atoms with van der Waals surface area (Å²) in [6.45, 7) is 8.79. The van der Waals surface area contributed by atoms with Crippen LogP contribution in [-0.2, 0) is 12.0 Å². The summed E-state index contributed by atoms with van der Waals surface area (Å²) in [6, 6.07) is 0. The van der Waals surface area contributed by atoms with Gasteiger partial charge in [0.2, 0.25) is 0 Å². The van der Waals surface area contributed by atoms with E-state index in [0.717, 1.165) is 17.9 Å². The summed E-state index contributed by atoms with van der Waals surface area (Å²) in [5, 5.41) is 0. The molecule has 0 aromatic carbocycles. The molecule has 0 bridgehead atoms. The standard InChI is InChI=1S/C15H27N3/c1-5-12-13(16)18(15(2,3)4)14(17-12)11-9-7-6-8-10-11/h11H,5-10,16H2,1-4H3. The lowest BCUT2D eigenvalue weighted by molar-refractivity contribution is 0.349. The first-order valence-electron chi connectivity index (χ1n) is 7.32. The quantitative estimate of drug-likeness (QED) is 0.865. The van der Waals surface area contributed by atoms with Crippen LogP contribution in [0.25, 0.3) is 0 Å². The second-order valence-electron chi connectivity index (χ2n) is 6.50. The van der Waals surface area contributed by atoms with Crippen LogP contribution in [0.2, 0.25) is 0 Å². The molecule has 2 rings (SSSR count). The first-order chi connectivity index (χ1) is 8.45. The normalized spacial score (nSPS) is 18.2. The van der Waals surface area contributed by atoms with E-state index in [2.05, 4.69) is 32.3 Å². The molecule has 1 aromatic heterocycles. The van der Waals surface area contributed by atoms with Gasteiger partial charge in [-0.25, -0.2) is 4.98 Å². The molecule has 1 aromatic rings. The zero-order valence-electron chi connectivity index (χ0n) is 12.3. The Balaban J connectivity index is 2.44. The van der Waals surface area contributed by atoms with E-state index in [-0.39, 0.29) is 5.54 Å². The van der Waals surface area contributed by atoms with Gasteiger partial charge in [-0.05, 0) is 40.0 Å². The van der Waals surface area contributed by atoms with Crippen LogP contribution in [0.5, 0.6) is 0 Å². The summed E-state index contributed by atoms with van der Waals surface area (Å²) in [4.78, 5) is 4.86. The van der Waals surface area contributed by atoms with Crippen LogP contribution in [-0.4, -0.2) is 9.55 Å². The second kappa shape index (κ2) is 4.94. The summed E-state index contributed by atoms with van der Waals surface area (Å²) < 4.78 is 2.28. The number of imidazole rings is 1. The zero-order valence-corrected chi connectivity index (χ0v) is 12.3. The first-order valence-corrected chi connectivity index (χ1v) is 7.32. The van der Waals surface area contributed by atoms with Gasteiger partial charge in [0.15, 0.2) is 0 Å². The molecule has 2 N–H and O–H groups in total. The topological polar surface area (TPSA) is 43.8 Å². The van der Waals surface area contributed by atoms with Crippen molar-refractivity contribution in [1.82, 2.24) is 9.55 Å². The van der Waals surface area contributed by atoms with Crippen LogP contribution < -0.4 is 5.73 Å². The van der Waals surface area contributed by atoms with E-state index in [4.69, 9.17) is 10.7 Å². The van der Waals surface area contributed by atoms with E-state index in [1.807, 2.05) is 0 Å². The van der Waals surface area contributed by atoms with Crippen LogP contribution in [0.4, 0.5) is 5.82 Å². The van der Waals surface area contributed by atoms with Gasteiger partial charge in [0.05, 0.1) is 5.69 Å². The molecule has 18 heavy (non-hydrogen) atoms. The smallest absolute Gasteiger partial charge is 0.127 e. The van der Waals surface area contributed by atoms with Crippen molar-refractivity contribution in [3.8, 4) is 0 Å². The van der Waals surface area contributed by atoms with Gasteiger partial charge in [-0.1, -0.05) is 26.2 Å². The van der Waals surface area contributed by atoms with Gasteiger partial charge in [-0.2, -0.15) is 0 Å². The fourth-order valence-electron chi connectivity index (χ4n) is 3.10. The molecular weight excluding hydrogens is 222 g/mol. The van der Waals surface area contributed by atoms with Crippen LogP contribution in [0.15, 0.2) is 0 Å². The number of hydrogen-bond donors (Lipinski definition) is 1. The van der Waals surface area contributed by atoms with Gasteiger partial charge < -0.3 is 10.3 Å². The zero-order chi connectivity index (χ0) is 13.3. The number of nitrogens with zero attached hydrogens (tertiary/aromatic N) is 2. The van der Waals surface area contributed by atoms with E-state index in [1.165, 1.54) is 37.9 Å². The third-order valence-corrected chi connectivity index (χ3v) is 3.99. The van der Waals surface area contributed by atoms with Crippen LogP contribution in [0.1, 0.15) is 77.2 Å².